The largest absolute Gasteiger partial charge is 0.392 e. The van der Waals surface area contributed by atoms with Gasteiger partial charge in [-0.3, -0.25) is 4.98 Å². The molecule has 1 aromatic heterocycles. The fraction of sp³-hybridized carbons (Fsp3) is 0.300. The van der Waals surface area contributed by atoms with Gasteiger partial charge in [0, 0.05) is 11.8 Å². The van der Waals surface area contributed by atoms with Crippen LogP contribution in [0.1, 0.15) is 22.4 Å². The average Bonchev–Trinajstić information content (AvgIpc) is 2.19. The summed E-state index contributed by atoms with van der Waals surface area (Å²) in [6.07, 6.45) is 1.63. The van der Waals surface area contributed by atoms with Gasteiger partial charge in [-0.2, -0.15) is 10.5 Å². The molecule has 14 heavy (non-hydrogen) atoms. The predicted molar refractivity (Wildman–Crippen MR) is 48.9 cm³/mol. The highest BCUT2D eigenvalue weighted by molar-refractivity contribution is 5.45. The highest BCUT2D eigenvalue weighted by Crippen LogP contribution is 2.16. The summed E-state index contributed by atoms with van der Waals surface area (Å²) < 4.78 is 0. The summed E-state index contributed by atoms with van der Waals surface area (Å²) in [6, 6.07) is 3.97. The summed E-state index contributed by atoms with van der Waals surface area (Å²) >= 11 is 0. The molecule has 0 aromatic carbocycles. The van der Waals surface area contributed by atoms with Crippen molar-refractivity contribution in [3.05, 3.63) is 28.6 Å². The first-order chi connectivity index (χ1) is 6.74. The molecule has 1 aromatic rings. The first-order valence-corrected chi connectivity index (χ1v) is 4.09. The lowest BCUT2D eigenvalue weighted by atomic mass is 10.0. The quantitative estimate of drug-likeness (QED) is 0.743. The highest BCUT2D eigenvalue weighted by Gasteiger charge is 2.10. The van der Waals surface area contributed by atoms with Crippen molar-refractivity contribution in [3.63, 3.8) is 0 Å². The van der Waals surface area contributed by atoms with Gasteiger partial charge in [0.25, 0.3) is 0 Å². The Morgan fingerprint density at radius 1 is 1.50 bits per heavy atom. The van der Waals surface area contributed by atoms with Crippen LogP contribution < -0.4 is 0 Å². The lowest BCUT2D eigenvalue weighted by Crippen LogP contribution is -2.02. The fourth-order valence-electron chi connectivity index (χ4n) is 1.26. The topological polar surface area (TPSA) is 80.7 Å². The van der Waals surface area contributed by atoms with Crippen LogP contribution in [0.4, 0.5) is 0 Å². The molecule has 4 nitrogen and oxygen atoms in total. The molecule has 1 N–H and O–H groups in total. The molecule has 0 amide bonds. The molecule has 0 radical (unpaired) electrons. The van der Waals surface area contributed by atoms with E-state index in [0.29, 0.717) is 22.4 Å². The van der Waals surface area contributed by atoms with Crippen LogP contribution in [0.2, 0.25) is 0 Å². The van der Waals surface area contributed by atoms with Crippen molar-refractivity contribution >= 4 is 0 Å². The van der Waals surface area contributed by atoms with Crippen molar-refractivity contribution in [1.82, 2.24) is 4.98 Å². The molecule has 70 valence electrons. The van der Waals surface area contributed by atoms with Crippen LogP contribution in [0, 0.1) is 29.6 Å². The molecule has 0 saturated heterocycles. The molecule has 0 fully saturated rings. The molecule has 0 bridgehead atoms. The van der Waals surface area contributed by atoms with Gasteiger partial charge in [-0.1, -0.05) is 0 Å². The van der Waals surface area contributed by atoms with Crippen molar-refractivity contribution in [3.8, 4) is 12.1 Å². The van der Waals surface area contributed by atoms with Crippen molar-refractivity contribution in [2.75, 3.05) is 0 Å². The van der Waals surface area contributed by atoms with Gasteiger partial charge in [0.05, 0.1) is 30.4 Å². The number of aliphatic hydroxyl groups excluding tert-OH is 1. The summed E-state index contributed by atoms with van der Waals surface area (Å²) in [7, 11) is 0. The highest BCUT2D eigenvalue weighted by atomic mass is 16.3. The number of aryl methyl sites for hydroxylation is 1. The molecule has 1 rings (SSSR count). The van der Waals surface area contributed by atoms with E-state index < -0.39 is 0 Å². The number of aliphatic hydroxyl groups is 1. The lowest BCUT2D eigenvalue weighted by molar-refractivity contribution is 0.280. The van der Waals surface area contributed by atoms with E-state index in [1.54, 1.807) is 6.92 Å². The fourth-order valence-corrected chi connectivity index (χ4v) is 1.26. The second-order valence-corrected chi connectivity index (χ2v) is 2.83. The van der Waals surface area contributed by atoms with Crippen LogP contribution in [0.5, 0.6) is 0 Å². The number of hydrogen-bond acceptors (Lipinski definition) is 4. The summed E-state index contributed by atoms with van der Waals surface area (Å²) in [5, 5.41) is 26.5. The Morgan fingerprint density at radius 3 is 2.71 bits per heavy atom. The van der Waals surface area contributed by atoms with E-state index in [9.17, 15) is 0 Å². The molecule has 4 heteroatoms. The minimum atomic E-state index is -0.195. The van der Waals surface area contributed by atoms with E-state index in [1.165, 1.54) is 6.20 Å². The van der Waals surface area contributed by atoms with Gasteiger partial charge in [0.1, 0.15) is 6.07 Å². The van der Waals surface area contributed by atoms with E-state index in [1.807, 2.05) is 12.1 Å². The first kappa shape index (κ1) is 10.2. The Morgan fingerprint density at radius 2 is 2.21 bits per heavy atom. The second kappa shape index (κ2) is 4.36. The van der Waals surface area contributed by atoms with Gasteiger partial charge < -0.3 is 5.11 Å². The van der Waals surface area contributed by atoms with Gasteiger partial charge in [0.15, 0.2) is 0 Å². The Labute approximate surface area is 82.1 Å². The molecule has 0 saturated carbocycles. The number of hydrogen-bond donors (Lipinski definition) is 1. The number of aromatic nitrogens is 1. The molecular formula is C10H9N3O. The van der Waals surface area contributed by atoms with E-state index in [4.69, 9.17) is 15.6 Å². The molecule has 0 aliphatic heterocycles. The van der Waals surface area contributed by atoms with Gasteiger partial charge in [-0.25, -0.2) is 0 Å². The third kappa shape index (κ3) is 1.71. The third-order valence-corrected chi connectivity index (χ3v) is 2.00. The number of pyridine rings is 1. The van der Waals surface area contributed by atoms with E-state index in [2.05, 4.69) is 4.98 Å². The van der Waals surface area contributed by atoms with E-state index >= 15 is 0 Å². The van der Waals surface area contributed by atoms with Gasteiger partial charge in [0.2, 0.25) is 0 Å². The number of rotatable bonds is 2. The Balaban J connectivity index is 3.39. The van der Waals surface area contributed by atoms with Gasteiger partial charge >= 0.3 is 0 Å². The van der Waals surface area contributed by atoms with Crippen molar-refractivity contribution in [1.29, 1.82) is 10.5 Å². The minimum Gasteiger partial charge on any atom is -0.392 e. The third-order valence-electron chi connectivity index (χ3n) is 2.00. The van der Waals surface area contributed by atoms with Crippen molar-refractivity contribution in [2.24, 2.45) is 0 Å². The summed E-state index contributed by atoms with van der Waals surface area (Å²) in [5.41, 5.74) is 2.13. The maximum Gasteiger partial charge on any atom is 0.101 e. The zero-order valence-corrected chi connectivity index (χ0v) is 7.78. The number of nitrogens with zero attached hydrogens (tertiary/aromatic N) is 3. The molecule has 0 aliphatic carbocycles. The number of nitriles is 2. The molecule has 0 spiro atoms. The van der Waals surface area contributed by atoms with Crippen LogP contribution >= 0.6 is 0 Å². The van der Waals surface area contributed by atoms with Crippen LogP contribution in [0.15, 0.2) is 6.20 Å². The molecular weight excluding hydrogens is 178 g/mol. The van der Waals surface area contributed by atoms with Crippen molar-refractivity contribution in [2.45, 2.75) is 20.0 Å². The molecule has 0 aliphatic rings. The predicted octanol–water partition coefficient (Wildman–Crippen LogP) is 0.820. The van der Waals surface area contributed by atoms with E-state index in [0.717, 1.165) is 0 Å². The Kier molecular flexibility index (Phi) is 3.17. The maximum absolute atomic E-state index is 9.00. The molecule has 0 atom stereocenters. The van der Waals surface area contributed by atoms with Crippen LogP contribution in [0.3, 0.4) is 0 Å². The van der Waals surface area contributed by atoms with Crippen molar-refractivity contribution < 1.29 is 5.11 Å². The monoisotopic (exact) mass is 187 g/mol. The summed E-state index contributed by atoms with van der Waals surface area (Å²) in [5.74, 6) is 0. The molecule has 0 unspecified atom stereocenters. The lowest BCUT2D eigenvalue weighted by Gasteiger charge is -2.07. The normalized spacial score (nSPS) is 9.14. The minimum absolute atomic E-state index is 0.127. The second-order valence-electron chi connectivity index (χ2n) is 2.83. The first-order valence-electron chi connectivity index (χ1n) is 4.09. The molecule has 1 heterocycles. The summed E-state index contributed by atoms with van der Waals surface area (Å²) in [6.45, 7) is 1.51. The summed E-state index contributed by atoms with van der Waals surface area (Å²) in [4.78, 5) is 3.97. The van der Waals surface area contributed by atoms with Crippen LogP contribution in [-0.4, -0.2) is 10.1 Å². The average molecular weight is 187 g/mol. The van der Waals surface area contributed by atoms with Gasteiger partial charge in [-0.05, 0) is 12.5 Å². The van der Waals surface area contributed by atoms with Crippen LogP contribution in [0.25, 0.3) is 0 Å². The van der Waals surface area contributed by atoms with Gasteiger partial charge in [-0.15, -0.1) is 0 Å². The zero-order valence-electron chi connectivity index (χ0n) is 7.78. The maximum atomic E-state index is 9.00. The Bertz CT molecular complexity index is 426. The Hall–Kier alpha value is -1.91. The smallest absolute Gasteiger partial charge is 0.101 e. The SMILES string of the molecule is Cc1ncc(CO)c(CC#N)c1C#N. The zero-order chi connectivity index (χ0) is 10.6. The van der Waals surface area contributed by atoms with E-state index in [-0.39, 0.29) is 13.0 Å². The van der Waals surface area contributed by atoms with Crippen LogP contribution in [-0.2, 0) is 13.0 Å². The standard InChI is InChI=1S/C10H9N3O/c1-7-10(4-12)9(2-3-11)8(6-14)5-13-7/h5,14H,2,6H2,1H3.